The molecule has 0 unspecified atom stereocenters. The largest absolute Gasteiger partial charge is 0.476 e. The summed E-state index contributed by atoms with van der Waals surface area (Å²) in [6.45, 7) is -2.45. The maximum Gasteiger partial charge on any atom is 0.405 e. The van der Waals surface area contributed by atoms with E-state index in [0.717, 1.165) is 28.0 Å². The lowest BCUT2D eigenvalue weighted by atomic mass is 9.77. The van der Waals surface area contributed by atoms with Crippen LogP contribution in [-0.4, -0.2) is 47.0 Å². The van der Waals surface area contributed by atoms with Crippen LogP contribution in [0.2, 0.25) is 0 Å². The number of carboxylic acids is 1. The molecule has 40 heavy (non-hydrogen) atoms. The van der Waals surface area contributed by atoms with E-state index in [1.54, 1.807) is 5.32 Å². The van der Waals surface area contributed by atoms with Crippen LogP contribution >= 0.6 is 11.3 Å². The molecule has 0 saturated heterocycles. The smallest absolute Gasteiger partial charge is 0.405 e. The molecule has 3 aromatic carbocycles. The molecule has 4 rings (SSSR count). The van der Waals surface area contributed by atoms with Gasteiger partial charge >= 0.3 is 12.1 Å². The fraction of sp³-hybridized carbons (Fsp3) is 0.143. The number of oxime groups is 1. The molecule has 8 nitrogen and oxygen atoms in total. The highest BCUT2D eigenvalue weighted by Crippen LogP contribution is 2.40. The van der Waals surface area contributed by atoms with Crippen molar-refractivity contribution in [3.63, 3.8) is 0 Å². The zero-order valence-electron chi connectivity index (χ0n) is 20.8. The molecule has 0 bridgehead atoms. The molecule has 1 aromatic heterocycles. The monoisotopic (exact) mass is 568 g/mol. The van der Waals surface area contributed by atoms with Crippen molar-refractivity contribution in [1.82, 2.24) is 10.3 Å². The minimum absolute atomic E-state index is 0.0567. The van der Waals surface area contributed by atoms with E-state index in [0.29, 0.717) is 5.13 Å². The molecule has 12 heteroatoms. The Kier molecular flexibility index (Phi) is 8.80. The lowest BCUT2D eigenvalue weighted by Gasteiger charge is -2.36. The van der Waals surface area contributed by atoms with Gasteiger partial charge in [-0.25, -0.2) is 9.78 Å². The number of aliphatic carboxylic acids is 1. The van der Waals surface area contributed by atoms with Crippen molar-refractivity contribution in [2.24, 2.45) is 5.16 Å². The summed E-state index contributed by atoms with van der Waals surface area (Å²) in [5, 5.41) is 20.1. The zero-order chi connectivity index (χ0) is 28.6. The number of nitrogens with one attached hydrogen (secondary N) is 2. The molecule has 0 saturated carbocycles. The first-order chi connectivity index (χ1) is 19.2. The van der Waals surface area contributed by atoms with Gasteiger partial charge in [0.2, 0.25) is 5.71 Å². The van der Waals surface area contributed by atoms with Crippen molar-refractivity contribution in [3.05, 3.63) is 119 Å². The first-order valence-corrected chi connectivity index (χ1v) is 12.7. The van der Waals surface area contributed by atoms with Gasteiger partial charge in [-0.3, -0.25) is 4.79 Å². The fourth-order valence-corrected chi connectivity index (χ4v) is 4.73. The number of nitrogens with zero attached hydrogens (tertiary/aromatic N) is 2. The number of aromatic nitrogens is 1. The second-order valence-corrected chi connectivity index (χ2v) is 9.28. The number of carbonyl (C=O) groups excluding carboxylic acids is 1. The first-order valence-electron chi connectivity index (χ1n) is 11.9. The second kappa shape index (κ2) is 12.4. The van der Waals surface area contributed by atoms with Crippen molar-refractivity contribution >= 4 is 34.1 Å². The minimum Gasteiger partial charge on any atom is -0.476 e. The first kappa shape index (κ1) is 28.3. The topological polar surface area (TPSA) is 113 Å². The Balaban J connectivity index is 1.66. The normalized spacial score (nSPS) is 12.0. The molecule has 1 amide bonds. The summed E-state index contributed by atoms with van der Waals surface area (Å²) in [5.41, 5.74) is 1.14. The summed E-state index contributed by atoms with van der Waals surface area (Å²) >= 11 is 1.13. The third-order valence-corrected chi connectivity index (χ3v) is 6.46. The number of alkyl halides is 3. The van der Waals surface area contributed by atoms with Gasteiger partial charge in [-0.1, -0.05) is 96.2 Å². The number of thiazole rings is 1. The van der Waals surface area contributed by atoms with Crippen molar-refractivity contribution in [3.8, 4) is 0 Å². The van der Waals surface area contributed by atoms with Crippen molar-refractivity contribution in [2.45, 2.75) is 11.7 Å². The molecule has 0 fully saturated rings. The van der Waals surface area contributed by atoms with Crippen LogP contribution in [0.15, 0.2) is 102 Å². The van der Waals surface area contributed by atoms with Gasteiger partial charge in [0.15, 0.2) is 11.7 Å². The lowest BCUT2D eigenvalue weighted by Crippen LogP contribution is -2.38. The Morgan fingerprint density at radius 3 is 1.82 bits per heavy atom. The standard InChI is InChI=1S/C28H23F3N4O4S/c29-27(30,31)18-32-23(36)16-39-35-24(25(37)38)22-17-40-26(33-22)34-28(19-10-4-1-5-11-19,20-12-6-2-7-13-20)21-14-8-3-9-15-21/h1-15,17H,16,18H2,(H,32,36)(H,33,34)(H,37,38)/b35-24-. The van der Waals surface area contributed by atoms with Crippen molar-refractivity contribution < 1.29 is 32.7 Å². The van der Waals surface area contributed by atoms with Gasteiger partial charge < -0.3 is 20.6 Å². The second-order valence-electron chi connectivity index (χ2n) is 8.42. The van der Waals surface area contributed by atoms with E-state index in [-0.39, 0.29) is 5.69 Å². The van der Waals surface area contributed by atoms with E-state index in [2.05, 4.69) is 15.5 Å². The fourth-order valence-electron chi connectivity index (χ4n) is 3.98. The van der Waals surface area contributed by atoms with Crippen LogP contribution in [0.1, 0.15) is 22.4 Å². The highest BCUT2D eigenvalue weighted by molar-refractivity contribution is 7.14. The predicted molar refractivity (Wildman–Crippen MR) is 144 cm³/mol. The van der Waals surface area contributed by atoms with Crippen molar-refractivity contribution in [2.75, 3.05) is 18.5 Å². The van der Waals surface area contributed by atoms with E-state index in [1.807, 2.05) is 91.0 Å². The van der Waals surface area contributed by atoms with E-state index < -0.39 is 42.5 Å². The summed E-state index contributed by atoms with van der Waals surface area (Å²) in [4.78, 5) is 32.6. The van der Waals surface area contributed by atoms with Gasteiger partial charge in [0.1, 0.15) is 17.8 Å². The Labute approximate surface area is 231 Å². The SMILES string of the molecule is O=C(CO/N=C(\C(=O)O)c1csc(NC(c2ccccc2)(c2ccccc2)c2ccccc2)n1)NCC(F)(F)F. The van der Waals surface area contributed by atoms with Crippen molar-refractivity contribution in [1.29, 1.82) is 0 Å². The number of anilines is 1. The summed E-state index contributed by atoms with van der Waals surface area (Å²) < 4.78 is 36.8. The molecule has 0 aliphatic rings. The van der Waals surface area contributed by atoms with Gasteiger partial charge in [-0.15, -0.1) is 11.3 Å². The van der Waals surface area contributed by atoms with E-state index in [1.165, 1.54) is 5.38 Å². The number of amides is 1. The van der Waals surface area contributed by atoms with Gasteiger partial charge in [0.25, 0.3) is 5.91 Å². The number of carbonyl (C=O) groups is 2. The van der Waals surface area contributed by atoms with Crippen LogP contribution in [-0.2, 0) is 20.0 Å². The van der Waals surface area contributed by atoms with Gasteiger partial charge in [-0.05, 0) is 16.7 Å². The molecule has 3 N–H and O–H groups in total. The maximum atomic E-state index is 12.3. The molecule has 0 atom stereocenters. The van der Waals surface area contributed by atoms with E-state index >= 15 is 0 Å². The zero-order valence-corrected chi connectivity index (χ0v) is 21.6. The van der Waals surface area contributed by atoms with E-state index in [9.17, 15) is 27.9 Å². The van der Waals surface area contributed by atoms with Crippen LogP contribution in [0.4, 0.5) is 18.3 Å². The molecule has 4 aromatic rings. The quantitative estimate of drug-likeness (QED) is 0.133. The third kappa shape index (κ3) is 6.83. The number of hydrogen-bond donors (Lipinski definition) is 3. The molecule has 0 spiro atoms. The van der Waals surface area contributed by atoms with Crippen LogP contribution < -0.4 is 10.6 Å². The highest BCUT2D eigenvalue weighted by Gasteiger charge is 2.37. The summed E-state index contributed by atoms with van der Waals surface area (Å²) in [7, 11) is 0. The van der Waals surface area contributed by atoms with Crippen LogP contribution in [0.25, 0.3) is 0 Å². The Morgan fingerprint density at radius 1 is 0.875 bits per heavy atom. The molecule has 0 aliphatic carbocycles. The summed E-state index contributed by atoms with van der Waals surface area (Å²) in [5.74, 6) is -2.60. The highest BCUT2D eigenvalue weighted by atomic mass is 32.1. The number of hydrogen-bond acceptors (Lipinski definition) is 7. The average molecular weight is 569 g/mol. The predicted octanol–water partition coefficient (Wildman–Crippen LogP) is 5.03. The van der Waals surface area contributed by atoms with Crippen LogP contribution in [0, 0.1) is 0 Å². The molecular weight excluding hydrogens is 545 g/mol. The van der Waals surface area contributed by atoms with Gasteiger partial charge in [0, 0.05) is 5.38 Å². The number of carboxylic acid groups (broad SMARTS) is 1. The Bertz CT molecular complexity index is 1370. The summed E-state index contributed by atoms with van der Waals surface area (Å²) in [6.07, 6.45) is -4.59. The third-order valence-electron chi connectivity index (χ3n) is 5.70. The molecule has 0 aliphatic heterocycles. The minimum atomic E-state index is -4.59. The average Bonchev–Trinajstić information content (AvgIpc) is 3.41. The van der Waals surface area contributed by atoms with E-state index in [4.69, 9.17) is 4.84 Å². The maximum absolute atomic E-state index is 12.3. The molecule has 0 radical (unpaired) electrons. The number of rotatable bonds is 11. The summed E-state index contributed by atoms with van der Waals surface area (Å²) in [6, 6.07) is 29.1. The lowest BCUT2D eigenvalue weighted by molar-refractivity contribution is -0.141. The molecule has 1 heterocycles. The number of halogens is 3. The Morgan fingerprint density at radius 2 is 1.38 bits per heavy atom. The Hall–Kier alpha value is -4.71. The van der Waals surface area contributed by atoms with Gasteiger partial charge in [-0.2, -0.15) is 13.2 Å². The molecule has 206 valence electrons. The van der Waals surface area contributed by atoms with Crippen LogP contribution in [0.5, 0.6) is 0 Å². The van der Waals surface area contributed by atoms with Crippen LogP contribution in [0.3, 0.4) is 0 Å². The number of benzene rings is 3. The molecular formula is C28H23F3N4O4S. The van der Waals surface area contributed by atoms with Gasteiger partial charge in [0.05, 0.1) is 0 Å².